The summed E-state index contributed by atoms with van der Waals surface area (Å²) in [5.41, 5.74) is 10.1. The van der Waals surface area contributed by atoms with Crippen LogP contribution >= 0.6 is 0 Å². The van der Waals surface area contributed by atoms with Gasteiger partial charge in [-0.1, -0.05) is 12.1 Å². The molecule has 0 saturated heterocycles. The van der Waals surface area contributed by atoms with E-state index in [1.54, 1.807) is 0 Å². The molecule has 0 aromatic heterocycles. The highest BCUT2D eigenvalue weighted by Crippen LogP contribution is 2.05. The largest absolute Gasteiger partial charge is 0.399 e. The minimum Gasteiger partial charge on any atom is -0.399 e. The van der Waals surface area contributed by atoms with Crippen LogP contribution in [0.2, 0.25) is 0 Å². The van der Waals surface area contributed by atoms with E-state index in [4.69, 9.17) is 5.73 Å². The molecule has 1 aliphatic rings. The lowest BCUT2D eigenvalue weighted by atomic mass is 10.1. The molecule has 6 nitrogen and oxygen atoms in total. The first-order valence-corrected chi connectivity index (χ1v) is 6.13. The summed E-state index contributed by atoms with van der Waals surface area (Å²) in [6.07, 6.45) is 1.43. The topological polar surface area (TPSA) is 96.6 Å². The van der Waals surface area contributed by atoms with Crippen molar-refractivity contribution in [3.05, 3.63) is 29.8 Å². The normalized spacial score (nSPS) is 14.5. The standard InChI is InChI=1S/C13H16N4O2/c14-10-3-1-9(2-4-10)7-8-15-13(19)11-5-6-12(18)17-16-11/h1-4H,5-8,14H2,(H,15,19)(H,17,18). The van der Waals surface area contributed by atoms with Crippen molar-refractivity contribution in [2.75, 3.05) is 12.3 Å². The maximum absolute atomic E-state index is 11.7. The molecule has 0 spiro atoms. The fourth-order valence-electron chi connectivity index (χ4n) is 1.74. The number of hydrogen-bond donors (Lipinski definition) is 3. The van der Waals surface area contributed by atoms with Crippen LogP contribution in [0.5, 0.6) is 0 Å². The average Bonchev–Trinajstić information content (AvgIpc) is 2.41. The predicted octanol–water partition coefficient (Wildman–Crippen LogP) is 0.193. The van der Waals surface area contributed by atoms with Crippen molar-refractivity contribution < 1.29 is 9.59 Å². The number of carbonyl (C=O) groups excluding carboxylic acids is 2. The lowest BCUT2D eigenvalue weighted by Crippen LogP contribution is -2.37. The average molecular weight is 260 g/mol. The third-order valence-corrected chi connectivity index (χ3v) is 2.85. The molecule has 19 heavy (non-hydrogen) atoms. The number of benzene rings is 1. The van der Waals surface area contributed by atoms with Crippen LogP contribution < -0.4 is 16.5 Å². The molecule has 1 aliphatic heterocycles. The second kappa shape index (κ2) is 5.99. The van der Waals surface area contributed by atoms with Gasteiger partial charge in [0.2, 0.25) is 5.91 Å². The Morgan fingerprint density at radius 1 is 1.32 bits per heavy atom. The van der Waals surface area contributed by atoms with Crippen LogP contribution in [-0.4, -0.2) is 24.1 Å². The van der Waals surface area contributed by atoms with Gasteiger partial charge in [0.05, 0.1) is 0 Å². The maximum Gasteiger partial charge on any atom is 0.267 e. The van der Waals surface area contributed by atoms with Gasteiger partial charge in [0.15, 0.2) is 0 Å². The van der Waals surface area contributed by atoms with Crippen LogP contribution in [-0.2, 0) is 16.0 Å². The summed E-state index contributed by atoms with van der Waals surface area (Å²) in [7, 11) is 0. The van der Waals surface area contributed by atoms with Gasteiger partial charge in [-0.05, 0) is 24.1 Å². The van der Waals surface area contributed by atoms with Crippen molar-refractivity contribution >= 4 is 23.2 Å². The molecular formula is C13H16N4O2. The summed E-state index contributed by atoms with van der Waals surface area (Å²) in [4.78, 5) is 22.6. The molecule has 2 rings (SSSR count). The van der Waals surface area contributed by atoms with Gasteiger partial charge in [0.25, 0.3) is 5.91 Å². The zero-order valence-corrected chi connectivity index (χ0v) is 10.5. The summed E-state index contributed by atoms with van der Waals surface area (Å²) in [5.74, 6) is -0.381. The molecule has 0 radical (unpaired) electrons. The van der Waals surface area contributed by atoms with Crippen LogP contribution in [0.15, 0.2) is 29.4 Å². The number of hydrazone groups is 1. The van der Waals surface area contributed by atoms with Crippen molar-refractivity contribution in [2.24, 2.45) is 5.10 Å². The monoisotopic (exact) mass is 260 g/mol. The summed E-state index contributed by atoms with van der Waals surface area (Å²) in [6, 6.07) is 7.52. The number of anilines is 1. The lowest BCUT2D eigenvalue weighted by molar-refractivity contribution is -0.121. The fourth-order valence-corrected chi connectivity index (χ4v) is 1.74. The Balaban J connectivity index is 1.78. The highest BCUT2D eigenvalue weighted by Gasteiger charge is 2.17. The molecule has 0 saturated carbocycles. The summed E-state index contributed by atoms with van der Waals surface area (Å²) < 4.78 is 0. The van der Waals surface area contributed by atoms with Crippen LogP contribution in [0.4, 0.5) is 5.69 Å². The second-order valence-corrected chi connectivity index (χ2v) is 4.34. The number of nitrogens with zero attached hydrogens (tertiary/aromatic N) is 1. The molecule has 1 aromatic rings. The Morgan fingerprint density at radius 2 is 2.05 bits per heavy atom. The Kier molecular flexibility index (Phi) is 4.12. The van der Waals surface area contributed by atoms with Crippen molar-refractivity contribution in [1.29, 1.82) is 0 Å². The van der Waals surface area contributed by atoms with Gasteiger partial charge in [-0.2, -0.15) is 5.10 Å². The van der Waals surface area contributed by atoms with E-state index in [2.05, 4.69) is 15.8 Å². The zero-order valence-electron chi connectivity index (χ0n) is 10.5. The molecule has 6 heteroatoms. The van der Waals surface area contributed by atoms with Crippen molar-refractivity contribution in [3.63, 3.8) is 0 Å². The minimum absolute atomic E-state index is 0.154. The first-order valence-electron chi connectivity index (χ1n) is 6.13. The third-order valence-electron chi connectivity index (χ3n) is 2.85. The maximum atomic E-state index is 11.7. The van der Waals surface area contributed by atoms with E-state index in [1.165, 1.54) is 0 Å². The fraction of sp³-hybridized carbons (Fsp3) is 0.308. The van der Waals surface area contributed by atoms with Gasteiger partial charge >= 0.3 is 0 Å². The van der Waals surface area contributed by atoms with Crippen LogP contribution in [0.3, 0.4) is 0 Å². The summed E-state index contributed by atoms with van der Waals surface area (Å²) >= 11 is 0. The number of hydrogen-bond acceptors (Lipinski definition) is 4. The van der Waals surface area contributed by atoms with Crippen LogP contribution in [0.1, 0.15) is 18.4 Å². The highest BCUT2D eigenvalue weighted by molar-refractivity contribution is 6.39. The molecular weight excluding hydrogens is 244 g/mol. The number of amides is 2. The van der Waals surface area contributed by atoms with E-state index in [9.17, 15) is 9.59 Å². The van der Waals surface area contributed by atoms with Crippen LogP contribution in [0.25, 0.3) is 0 Å². The number of nitrogens with one attached hydrogen (secondary N) is 2. The van der Waals surface area contributed by atoms with E-state index in [1.807, 2.05) is 24.3 Å². The SMILES string of the molecule is Nc1ccc(CCNC(=O)C2=NNC(=O)CC2)cc1. The van der Waals surface area contributed by atoms with Gasteiger partial charge < -0.3 is 11.1 Å². The molecule has 1 aromatic carbocycles. The van der Waals surface area contributed by atoms with Gasteiger partial charge in [0, 0.05) is 25.1 Å². The first-order chi connectivity index (χ1) is 9.15. The summed E-state index contributed by atoms with van der Waals surface area (Å²) in [5, 5.41) is 6.51. The van der Waals surface area contributed by atoms with E-state index < -0.39 is 0 Å². The molecule has 0 atom stereocenters. The van der Waals surface area contributed by atoms with Crippen molar-refractivity contribution in [1.82, 2.24) is 10.7 Å². The molecule has 0 aliphatic carbocycles. The van der Waals surface area contributed by atoms with E-state index in [0.717, 1.165) is 17.7 Å². The molecule has 0 bridgehead atoms. The predicted molar refractivity (Wildman–Crippen MR) is 72.4 cm³/mol. The number of nitrogens with two attached hydrogens (primary N) is 1. The number of rotatable bonds is 4. The molecule has 2 amide bonds. The molecule has 0 unspecified atom stereocenters. The third kappa shape index (κ3) is 3.80. The Morgan fingerprint density at radius 3 is 2.68 bits per heavy atom. The highest BCUT2D eigenvalue weighted by atomic mass is 16.2. The van der Waals surface area contributed by atoms with Crippen molar-refractivity contribution in [2.45, 2.75) is 19.3 Å². The van der Waals surface area contributed by atoms with E-state index in [-0.39, 0.29) is 11.8 Å². The van der Waals surface area contributed by atoms with Crippen molar-refractivity contribution in [3.8, 4) is 0 Å². The molecule has 0 fully saturated rings. The van der Waals surface area contributed by atoms with Gasteiger partial charge in [0.1, 0.15) is 5.71 Å². The lowest BCUT2D eigenvalue weighted by Gasteiger charge is -2.11. The van der Waals surface area contributed by atoms with Gasteiger partial charge in [-0.3, -0.25) is 9.59 Å². The second-order valence-electron chi connectivity index (χ2n) is 4.34. The Hall–Kier alpha value is -2.37. The van der Waals surface area contributed by atoms with E-state index >= 15 is 0 Å². The summed E-state index contributed by atoms with van der Waals surface area (Å²) in [6.45, 7) is 0.524. The van der Waals surface area contributed by atoms with Gasteiger partial charge in [-0.15, -0.1) is 0 Å². The molecule has 4 N–H and O–H groups in total. The molecule has 100 valence electrons. The smallest absolute Gasteiger partial charge is 0.267 e. The number of carbonyl (C=O) groups is 2. The minimum atomic E-state index is -0.226. The first kappa shape index (κ1) is 13.1. The van der Waals surface area contributed by atoms with Gasteiger partial charge in [-0.25, -0.2) is 5.43 Å². The Bertz CT molecular complexity index is 508. The Labute approximate surface area is 111 Å². The van der Waals surface area contributed by atoms with E-state index in [0.29, 0.717) is 25.1 Å². The quantitative estimate of drug-likeness (QED) is 0.674. The molecule has 1 heterocycles. The zero-order chi connectivity index (χ0) is 13.7. The number of nitrogen functional groups attached to an aromatic ring is 1. The van der Waals surface area contributed by atoms with Crippen LogP contribution in [0, 0.1) is 0 Å².